The molecule has 1 aromatic carbocycles. The molecular formula is C12H15FN2. The standard InChI is InChI=1S/C12H15FN2/c1-7(2)14-11-5-4-10-9(12(11)13)6-8(3)15-10/h4-7,14-15H,1-3H3. The fourth-order valence-electron chi connectivity index (χ4n) is 1.73. The Hall–Kier alpha value is -1.51. The highest BCUT2D eigenvalue weighted by Crippen LogP contribution is 2.25. The Balaban J connectivity index is 2.54. The van der Waals surface area contributed by atoms with Gasteiger partial charge in [-0.3, -0.25) is 0 Å². The number of hydrogen-bond acceptors (Lipinski definition) is 1. The summed E-state index contributed by atoms with van der Waals surface area (Å²) in [6.45, 7) is 5.91. The Bertz CT molecular complexity index is 486. The Labute approximate surface area is 88.5 Å². The average Bonchev–Trinajstić information content (AvgIpc) is 2.51. The molecule has 1 aromatic heterocycles. The van der Waals surface area contributed by atoms with Gasteiger partial charge in [-0.05, 0) is 39.0 Å². The zero-order valence-electron chi connectivity index (χ0n) is 9.19. The molecule has 15 heavy (non-hydrogen) atoms. The molecule has 0 aliphatic heterocycles. The van der Waals surface area contributed by atoms with Gasteiger partial charge in [-0.1, -0.05) is 0 Å². The fourth-order valence-corrected chi connectivity index (χ4v) is 1.73. The molecule has 2 nitrogen and oxygen atoms in total. The molecule has 2 aromatic rings. The molecule has 3 heteroatoms. The second-order valence-corrected chi connectivity index (χ2v) is 4.14. The van der Waals surface area contributed by atoms with E-state index in [1.54, 1.807) is 6.07 Å². The first-order chi connectivity index (χ1) is 7.08. The van der Waals surface area contributed by atoms with Crippen molar-refractivity contribution in [2.24, 2.45) is 0 Å². The van der Waals surface area contributed by atoms with E-state index in [9.17, 15) is 4.39 Å². The Kier molecular flexibility index (Phi) is 2.39. The van der Waals surface area contributed by atoms with Crippen molar-refractivity contribution in [2.45, 2.75) is 26.8 Å². The van der Waals surface area contributed by atoms with Crippen LogP contribution in [0.15, 0.2) is 18.2 Å². The van der Waals surface area contributed by atoms with Crippen LogP contribution in [0.2, 0.25) is 0 Å². The summed E-state index contributed by atoms with van der Waals surface area (Å²) in [7, 11) is 0. The second kappa shape index (κ2) is 3.57. The summed E-state index contributed by atoms with van der Waals surface area (Å²) in [5.41, 5.74) is 2.39. The molecule has 0 atom stereocenters. The van der Waals surface area contributed by atoms with Crippen molar-refractivity contribution in [3.8, 4) is 0 Å². The summed E-state index contributed by atoms with van der Waals surface area (Å²) in [5, 5.41) is 3.74. The Morgan fingerprint density at radius 2 is 2.07 bits per heavy atom. The van der Waals surface area contributed by atoms with Gasteiger partial charge in [0.15, 0.2) is 5.82 Å². The molecule has 0 amide bonds. The quantitative estimate of drug-likeness (QED) is 0.774. The summed E-state index contributed by atoms with van der Waals surface area (Å²) in [6.07, 6.45) is 0. The number of rotatable bonds is 2. The number of halogens is 1. The first kappa shape index (κ1) is 10.0. The highest BCUT2D eigenvalue weighted by molar-refractivity contribution is 5.84. The predicted octanol–water partition coefficient (Wildman–Crippen LogP) is 3.44. The summed E-state index contributed by atoms with van der Waals surface area (Å²) in [6, 6.07) is 5.73. The first-order valence-electron chi connectivity index (χ1n) is 5.12. The van der Waals surface area contributed by atoms with Gasteiger partial charge in [-0.25, -0.2) is 4.39 Å². The van der Waals surface area contributed by atoms with Crippen LogP contribution in [0.25, 0.3) is 10.9 Å². The van der Waals surface area contributed by atoms with Crippen LogP contribution < -0.4 is 5.32 Å². The van der Waals surface area contributed by atoms with E-state index in [0.29, 0.717) is 11.1 Å². The van der Waals surface area contributed by atoms with Gasteiger partial charge in [0.2, 0.25) is 0 Å². The van der Waals surface area contributed by atoms with E-state index in [0.717, 1.165) is 11.2 Å². The minimum absolute atomic E-state index is 0.175. The highest BCUT2D eigenvalue weighted by atomic mass is 19.1. The molecule has 0 aliphatic carbocycles. The van der Waals surface area contributed by atoms with Crippen molar-refractivity contribution in [2.75, 3.05) is 5.32 Å². The number of aromatic nitrogens is 1. The number of hydrogen-bond donors (Lipinski definition) is 2. The lowest BCUT2D eigenvalue weighted by atomic mass is 10.2. The van der Waals surface area contributed by atoms with Gasteiger partial charge in [-0.15, -0.1) is 0 Å². The van der Waals surface area contributed by atoms with Crippen LogP contribution in [0.3, 0.4) is 0 Å². The molecule has 0 spiro atoms. The van der Waals surface area contributed by atoms with Crippen LogP contribution in [-0.4, -0.2) is 11.0 Å². The van der Waals surface area contributed by atoms with Crippen molar-refractivity contribution in [1.82, 2.24) is 4.98 Å². The topological polar surface area (TPSA) is 27.8 Å². The van der Waals surface area contributed by atoms with Crippen molar-refractivity contribution >= 4 is 16.6 Å². The van der Waals surface area contributed by atoms with Crippen LogP contribution in [-0.2, 0) is 0 Å². The van der Waals surface area contributed by atoms with Crippen molar-refractivity contribution in [1.29, 1.82) is 0 Å². The van der Waals surface area contributed by atoms with Crippen LogP contribution in [0.5, 0.6) is 0 Å². The molecule has 0 unspecified atom stereocenters. The lowest BCUT2D eigenvalue weighted by Crippen LogP contribution is -2.10. The minimum atomic E-state index is -0.175. The zero-order valence-corrected chi connectivity index (χ0v) is 9.19. The van der Waals surface area contributed by atoms with Crippen LogP contribution in [0, 0.1) is 12.7 Å². The number of fused-ring (bicyclic) bond motifs is 1. The van der Waals surface area contributed by atoms with Crippen LogP contribution in [0.4, 0.5) is 10.1 Å². The maximum Gasteiger partial charge on any atom is 0.155 e. The molecule has 0 aliphatic rings. The monoisotopic (exact) mass is 206 g/mol. The smallest absolute Gasteiger partial charge is 0.155 e. The highest BCUT2D eigenvalue weighted by Gasteiger charge is 2.09. The lowest BCUT2D eigenvalue weighted by molar-refractivity contribution is 0.640. The van der Waals surface area contributed by atoms with Gasteiger partial charge in [0.25, 0.3) is 0 Å². The van der Waals surface area contributed by atoms with Crippen LogP contribution in [0.1, 0.15) is 19.5 Å². The van der Waals surface area contributed by atoms with Gasteiger partial charge >= 0.3 is 0 Å². The molecule has 2 N–H and O–H groups in total. The number of anilines is 1. The maximum absolute atomic E-state index is 14.0. The van der Waals surface area contributed by atoms with Crippen molar-refractivity contribution in [3.05, 3.63) is 29.7 Å². The normalized spacial score (nSPS) is 11.3. The van der Waals surface area contributed by atoms with E-state index in [2.05, 4.69) is 10.3 Å². The summed E-state index contributed by atoms with van der Waals surface area (Å²) >= 11 is 0. The molecule has 0 fully saturated rings. The fraction of sp³-hybridized carbons (Fsp3) is 0.333. The molecule has 0 bridgehead atoms. The van der Waals surface area contributed by atoms with Gasteiger partial charge in [0.1, 0.15) is 0 Å². The minimum Gasteiger partial charge on any atom is -0.380 e. The lowest BCUT2D eigenvalue weighted by Gasteiger charge is -2.10. The second-order valence-electron chi connectivity index (χ2n) is 4.14. The molecular weight excluding hydrogens is 191 g/mol. The molecule has 0 saturated heterocycles. The van der Waals surface area contributed by atoms with E-state index in [1.807, 2.05) is 32.9 Å². The van der Waals surface area contributed by atoms with Crippen molar-refractivity contribution < 1.29 is 4.39 Å². The van der Waals surface area contributed by atoms with Gasteiger partial charge in [0.05, 0.1) is 5.69 Å². The molecule has 0 saturated carbocycles. The third-order valence-corrected chi connectivity index (χ3v) is 2.32. The van der Waals surface area contributed by atoms with E-state index >= 15 is 0 Å². The molecule has 1 heterocycles. The summed E-state index contributed by atoms with van der Waals surface area (Å²) < 4.78 is 14.0. The van der Waals surface area contributed by atoms with Gasteiger partial charge < -0.3 is 10.3 Å². The van der Waals surface area contributed by atoms with Crippen molar-refractivity contribution in [3.63, 3.8) is 0 Å². The van der Waals surface area contributed by atoms with E-state index in [4.69, 9.17) is 0 Å². The maximum atomic E-state index is 14.0. The van der Waals surface area contributed by atoms with E-state index < -0.39 is 0 Å². The number of aromatic amines is 1. The molecule has 80 valence electrons. The number of aryl methyl sites for hydroxylation is 1. The third-order valence-electron chi connectivity index (χ3n) is 2.32. The first-order valence-corrected chi connectivity index (χ1v) is 5.12. The largest absolute Gasteiger partial charge is 0.380 e. The summed E-state index contributed by atoms with van der Waals surface area (Å²) in [5.74, 6) is -0.175. The summed E-state index contributed by atoms with van der Waals surface area (Å²) in [4.78, 5) is 3.11. The number of H-pyrrole nitrogens is 1. The Morgan fingerprint density at radius 1 is 1.33 bits per heavy atom. The molecule has 2 rings (SSSR count). The average molecular weight is 206 g/mol. The van der Waals surface area contributed by atoms with Crippen LogP contribution >= 0.6 is 0 Å². The van der Waals surface area contributed by atoms with E-state index in [-0.39, 0.29) is 11.9 Å². The van der Waals surface area contributed by atoms with Gasteiger partial charge in [-0.2, -0.15) is 0 Å². The molecule has 0 radical (unpaired) electrons. The number of nitrogens with one attached hydrogen (secondary N) is 2. The SMILES string of the molecule is Cc1cc2c(F)c(NC(C)C)ccc2[nH]1. The number of benzene rings is 1. The Morgan fingerprint density at radius 3 is 2.73 bits per heavy atom. The zero-order chi connectivity index (χ0) is 11.0. The van der Waals surface area contributed by atoms with Gasteiger partial charge in [0, 0.05) is 22.6 Å². The third kappa shape index (κ3) is 1.82. The van der Waals surface area contributed by atoms with E-state index in [1.165, 1.54) is 0 Å². The predicted molar refractivity (Wildman–Crippen MR) is 61.8 cm³/mol.